The van der Waals surface area contributed by atoms with Crippen LogP contribution in [0.5, 0.6) is 11.5 Å². The molecule has 0 aliphatic heterocycles. The SMILES string of the molecule is O=C(Oc1ccc([S+](c2ccccc2)c2ccc(-c3ccc([S+](c4ccccc4)c4ccc(OC(=O)C5CCCC5)cc4)cc3)cc2)cc1)c1cccc2ccccc12. The molecule has 2 atom stereocenters. The second kappa shape index (κ2) is 17.7. The van der Waals surface area contributed by atoms with Crippen LogP contribution in [0.4, 0.5) is 0 Å². The third-order valence-electron chi connectivity index (χ3n) is 10.7. The second-order valence-corrected chi connectivity index (χ2v) is 18.6. The second-order valence-electron chi connectivity index (χ2n) is 14.5. The molecular formula is C53H42O4S2+2. The molecular weight excluding hydrogens is 765 g/mol. The normalized spacial score (nSPS) is 13.8. The third kappa shape index (κ3) is 8.61. The molecule has 0 amide bonds. The number of carbonyl (C=O) groups is 2. The molecule has 4 nitrogen and oxygen atoms in total. The predicted octanol–water partition coefficient (Wildman–Crippen LogP) is 13.0. The molecule has 0 aromatic heterocycles. The van der Waals surface area contributed by atoms with Crippen molar-refractivity contribution in [1.29, 1.82) is 0 Å². The number of hydrogen-bond acceptors (Lipinski definition) is 4. The largest absolute Gasteiger partial charge is 0.426 e. The quantitative estimate of drug-likeness (QED) is 0.0742. The Labute approximate surface area is 351 Å². The van der Waals surface area contributed by atoms with Gasteiger partial charge in [-0.3, -0.25) is 4.79 Å². The van der Waals surface area contributed by atoms with Crippen LogP contribution in [0.3, 0.4) is 0 Å². The molecule has 288 valence electrons. The summed E-state index contributed by atoms with van der Waals surface area (Å²) in [7, 11) is -0.723. The third-order valence-corrected chi connectivity index (χ3v) is 15.2. The Morgan fingerprint density at radius 3 is 1.32 bits per heavy atom. The molecule has 0 radical (unpaired) electrons. The molecule has 59 heavy (non-hydrogen) atoms. The number of esters is 2. The van der Waals surface area contributed by atoms with Gasteiger partial charge in [0, 0.05) is 0 Å². The lowest BCUT2D eigenvalue weighted by Crippen LogP contribution is -2.17. The van der Waals surface area contributed by atoms with Crippen molar-refractivity contribution in [3.05, 3.63) is 206 Å². The molecule has 2 unspecified atom stereocenters. The van der Waals surface area contributed by atoms with Crippen molar-refractivity contribution in [3.8, 4) is 22.6 Å². The zero-order chi connectivity index (χ0) is 40.0. The Kier molecular flexibility index (Phi) is 11.4. The van der Waals surface area contributed by atoms with Gasteiger partial charge in [0.15, 0.2) is 29.4 Å². The number of carbonyl (C=O) groups excluding carboxylic acids is 2. The van der Waals surface area contributed by atoms with Gasteiger partial charge in [-0.1, -0.05) is 85.6 Å². The van der Waals surface area contributed by atoms with E-state index < -0.39 is 0 Å². The molecule has 8 aromatic carbocycles. The zero-order valence-corrected chi connectivity index (χ0v) is 34.0. The fraction of sp³-hybridized carbons (Fsp3) is 0.0943. The summed E-state index contributed by atoms with van der Waals surface area (Å²) < 4.78 is 11.6. The first-order chi connectivity index (χ1) is 29.1. The van der Waals surface area contributed by atoms with Crippen molar-refractivity contribution in [2.75, 3.05) is 0 Å². The molecule has 1 aliphatic carbocycles. The van der Waals surface area contributed by atoms with E-state index in [1.54, 1.807) is 0 Å². The van der Waals surface area contributed by atoms with E-state index in [1.807, 2.05) is 78.9 Å². The Hall–Kier alpha value is -6.34. The van der Waals surface area contributed by atoms with Crippen LogP contribution < -0.4 is 9.47 Å². The van der Waals surface area contributed by atoms with Crippen molar-refractivity contribution in [3.63, 3.8) is 0 Å². The van der Waals surface area contributed by atoms with Crippen LogP contribution in [0, 0.1) is 5.92 Å². The first-order valence-electron chi connectivity index (χ1n) is 20.0. The molecule has 0 heterocycles. The van der Waals surface area contributed by atoms with Crippen molar-refractivity contribution >= 4 is 44.5 Å². The molecule has 1 aliphatic rings. The minimum Gasteiger partial charge on any atom is -0.426 e. The standard InChI is InChI=1S/C53H42O4S2/c54-52(41-13-7-8-14-41)56-42-26-34-48(35-27-42)58(44-16-3-1-4-17-44)46-30-22-38(23-31-46)39-24-32-47(33-25-39)59(45-18-5-2-6-19-45)49-36-28-43(29-37-49)57-53(55)51-21-11-15-40-12-9-10-20-50(40)51/h1-6,9-12,15-37,41H,7-8,13-14H2/q+2. The van der Waals surface area contributed by atoms with Gasteiger partial charge in [-0.25, -0.2) is 4.79 Å². The van der Waals surface area contributed by atoms with Crippen molar-refractivity contribution in [2.45, 2.75) is 55.1 Å². The summed E-state index contributed by atoms with van der Waals surface area (Å²) in [6, 6.07) is 68.4. The Morgan fingerprint density at radius 1 is 0.407 bits per heavy atom. The zero-order valence-electron chi connectivity index (χ0n) is 32.4. The number of rotatable bonds is 11. The van der Waals surface area contributed by atoms with Crippen LogP contribution in [0.15, 0.2) is 230 Å². The fourth-order valence-corrected chi connectivity index (χ4v) is 11.8. The lowest BCUT2D eigenvalue weighted by Gasteiger charge is -2.12. The van der Waals surface area contributed by atoms with Gasteiger partial charge in [-0.05, 0) is 162 Å². The average molecular weight is 807 g/mol. The Balaban J connectivity index is 0.938. The first kappa shape index (κ1) is 38.2. The molecule has 8 aromatic rings. The van der Waals surface area contributed by atoms with Gasteiger partial charge in [-0.15, -0.1) is 0 Å². The van der Waals surface area contributed by atoms with Gasteiger partial charge in [0.1, 0.15) is 11.5 Å². The van der Waals surface area contributed by atoms with E-state index in [9.17, 15) is 9.59 Å². The highest BCUT2D eigenvalue weighted by molar-refractivity contribution is 7.97. The van der Waals surface area contributed by atoms with Gasteiger partial charge in [0.25, 0.3) is 0 Å². The molecule has 9 rings (SSSR count). The van der Waals surface area contributed by atoms with Gasteiger partial charge in [-0.2, -0.15) is 0 Å². The van der Waals surface area contributed by atoms with Crippen LogP contribution in [-0.4, -0.2) is 11.9 Å². The molecule has 0 N–H and O–H groups in total. The van der Waals surface area contributed by atoms with E-state index in [0.29, 0.717) is 17.1 Å². The van der Waals surface area contributed by atoms with Crippen LogP contribution in [0.2, 0.25) is 0 Å². The highest BCUT2D eigenvalue weighted by Gasteiger charge is 2.31. The average Bonchev–Trinajstić information content (AvgIpc) is 3.85. The van der Waals surface area contributed by atoms with Crippen LogP contribution in [-0.2, 0) is 26.6 Å². The molecule has 6 heteroatoms. The number of benzene rings is 8. The number of hydrogen-bond donors (Lipinski definition) is 0. The van der Waals surface area contributed by atoms with Crippen LogP contribution in [0.1, 0.15) is 36.0 Å². The monoisotopic (exact) mass is 806 g/mol. The Bertz CT molecular complexity index is 2670. The molecule has 0 spiro atoms. The van der Waals surface area contributed by atoms with Crippen LogP contribution in [0.25, 0.3) is 21.9 Å². The van der Waals surface area contributed by atoms with Gasteiger partial charge in [0.2, 0.25) is 0 Å². The fourth-order valence-electron chi connectivity index (χ4n) is 7.71. The minimum atomic E-state index is -0.380. The van der Waals surface area contributed by atoms with Gasteiger partial charge in [0.05, 0.1) is 33.3 Å². The van der Waals surface area contributed by atoms with Crippen LogP contribution >= 0.6 is 0 Å². The summed E-state index contributed by atoms with van der Waals surface area (Å²) >= 11 is 0. The lowest BCUT2D eigenvalue weighted by molar-refractivity contribution is -0.138. The summed E-state index contributed by atoms with van der Waals surface area (Å²) in [4.78, 5) is 33.1. The maximum absolute atomic E-state index is 13.3. The Morgan fingerprint density at radius 2 is 0.814 bits per heavy atom. The first-order valence-corrected chi connectivity index (χ1v) is 22.4. The topological polar surface area (TPSA) is 52.6 Å². The maximum atomic E-state index is 13.3. The lowest BCUT2D eigenvalue weighted by atomic mass is 10.0. The smallest absolute Gasteiger partial charge is 0.344 e. The van der Waals surface area contributed by atoms with Crippen molar-refractivity contribution < 1.29 is 19.1 Å². The van der Waals surface area contributed by atoms with Crippen molar-refractivity contribution in [1.82, 2.24) is 0 Å². The van der Waals surface area contributed by atoms with E-state index >= 15 is 0 Å². The summed E-state index contributed by atoms with van der Waals surface area (Å²) in [5, 5.41) is 1.88. The number of ether oxygens (including phenoxy) is 2. The predicted molar refractivity (Wildman–Crippen MR) is 238 cm³/mol. The van der Waals surface area contributed by atoms with E-state index in [0.717, 1.165) is 57.4 Å². The van der Waals surface area contributed by atoms with Gasteiger partial charge >= 0.3 is 11.9 Å². The summed E-state index contributed by atoms with van der Waals surface area (Å²) in [5.41, 5.74) is 2.83. The highest BCUT2D eigenvalue weighted by atomic mass is 32.2. The molecule has 1 saturated carbocycles. The molecule has 0 bridgehead atoms. The summed E-state index contributed by atoms with van der Waals surface area (Å²) in [6.07, 6.45) is 4.05. The van der Waals surface area contributed by atoms with E-state index in [2.05, 4.69) is 121 Å². The molecule has 0 saturated heterocycles. The number of fused-ring (bicyclic) bond motifs is 1. The minimum absolute atomic E-state index is 0.0219. The van der Waals surface area contributed by atoms with Crippen molar-refractivity contribution in [2.24, 2.45) is 5.92 Å². The van der Waals surface area contributed by atoms with Gasteiger partial charge < -0.3 is 9.47 Å². The summed E-state index contributed by atoms with van der Waals surface area (Å²) in [5.74, 6) is 0.655. The van der Waals surface area contributed by atoms with E-state index in [4.69, 9.17) is 9.47 Å². The van der Waals surface area contributed by atoms with E-state index in [1.165, 1.54) is 19.6 Å². The summed E-state index contributed by atoms with van der Waals surface area (Å²) in [6.45, 7) is 0. The van der Waals surface area contributed by atoms with E-state index in [-0.39, 0.29) is 39.6 Å². The molecule has 1 fully saturated rings. The maximum Gasteiger partial charge on any atom is 0.344 e. The highest BCUT2D eigenvalue weighted by Crippen LogP contribution is 2.36.